The van der Waals surface area contributed by atoms with Gasteiger partial charge in [0.2, 0.25) is 11.9 Å². The van der Waals surface area contributed by atoms with E-state index in [1.165, 1.54) is 0 Å². The molecule has 0 aliphatic heterocycles. The van der Waals surface area contributed by atoms with E-state index >= 15 is 0 Å². The average molecular weight is 220 g/mol. The molecule has 0 bridgehead atoms. The van der Waals surface area contributed by atoms with Crippen molar-refractivity contribution in [3.8, 4) is 0 Å². The SMILES string of the molecule is Nc1nc(N)nc(/N=C/c2cccs2)n1. The standard InChI is InChI=1S/C8H8N6S/c9-6-12-7(10)14-8(13-6)11-4-5-2-1-3-15-5/h1-4H,(H4,9,10,12,13,14)/b11-4+. The minimum atomic E-state index is 0.0702. The molecule has 0 aliphatic rings. The van der Waals surface area contributed by atoms with Crippen LogP contribution in [0.15, 0.2) is 22.5 Å². The highest BCUT2D eigenvalue weighted by Gasteiger charge is 1.98. The van der Waals surface area contributed by atoms with Crippen LogP contribution in [0.3, 0.4) is 0 Å². The summed E-state index contributed by atoms with van der Waals surface area (Å²) in [5.41, 5.74) is 10.8. The largest absolute Gasteiger partial charge is 0.368 e. The second-order valence-electron chi connectivity index (χ2n) is 2.63. The second-order valence-corrected chi connectivity index (χ2v) is 3.60. The third-order valence-electron chi connectivity index (χ3n) is 1.51. The van der Waals surface area contributed by atoms with E-state index in [4.69, 9.17) is 11.5 Å². The molecule has 2 aromatic rings. The summed E-state index contributed by atoms with van der Waals surface area (Å²) < 4.78 is 0. The molecule has 0 spiro atoms. The number of nitrogen functional groups attached to an aromatic ring is 2. The lowest BCUT2D eigenvalue weighted by atomic mass is 10.5. The molecule has 6 nitrogen and oxygen atoms in total. The van der Waals surface area contributed by atoms with Crippen molar-refractivity contribution in [3.05, 3.63) is 22.4 Å². The molecule has 76 valence electrons. The zero-order chi connectivity index (χ0) is 10.7. The van der Waals surface area contributed by atoms with Crippen LogP contribution in [0.4, 0.5) is 17.8 Å². The number of anilines is 2. The number of hydrogen-bond donors (Lipinski definition) is 2. The number of aliphatic imine (C=N–C) groups is 1. The number of rotatable bonds is 2. The van der Waals surface area contributed by atoms with Crippen LogP contribution in [0.1, 0.15) is 4.88 Å². The van der Waals surface area contributed by atoms with Crippen LogP contribution in [0.5, 0.6) is 0 Å². The maximum atomic E-state index is 5.39. The molecule has 0 amide bonds. The maximum Gasteiger partial charge on any atom is 0.255 e. The van der Waals surface area contributed by atoms with Gasteiger partial charge < -0.3 is 11.5 Å². The van der Waals surface area contributed by atoms with Gasteiger partial charge in [0.1, 0.15) is 0 Å². The van der Waals surface area contributed by atoms with Gasteiger partial charge in [-0.05, 0) is 11.4 Å². The van der Waals surface area contributed by atoms with Crippen molar-refractivity contribution < 1.29 is 0 Å². The van der Waals surface area contributed by atoms with Crippen LogP contribution >= 0.6 is 11.3 Å². The summed E-state index contributed by atoms with van der Waals surface area (Å²) in [6.45, 7) is 0. The van der Waals surface area contributed by atoms with Gasteiger partial charge in [0, 0.05) is 11.1 Å². The van der Waals surface area contributed by atoms with E-state index in [-0.39, 0.29) is 17.8 Å². The van der Waals surface area contributed by atoms with E-state index in [1.54, 1.807) is 17.6 Å². The van der Waals surface area contributed by atoms with E-state index in [1.807, 2.05) is 17.5 Å². The van der Waals surface area contributed by atoms with Gasteiger partial charge in [-0.2, -0.15) is 15.0 Å². The van der Waals surface area contributed by atoms with Crippen LogP contribution < -0.4 is 11.5 Å². The molecule has 0 aromatic carbocycles. The van der Waals surface area contributed by atoms with Crippen molar-refractivity contribution in [2.24, 2.45) is 4.99 Å². The Morgan fingerprint density at radius 1 is 1.20 bits per heavy atom. The Morgan fingerprint density at radius 2 is 1.93 bits per heavy atom. The highest BCUT2D eigenvalue weighted by molar-refractivity contribution is 7.11. The molecule has 0 fully saturated rings. The Balaban J connectivity index is 2.24. The molecule has 15 heavy (non-hydrogen) atoms. The quantitative estimate of drug-likeness (QED) is 0.730. The van der Waals surface area contributed by atoms with Crippen molar-refractivity contribution >= 4 is 35.4 Å². The predicted molar refractivity (Wildman–Crippen MR) is 60.2 cm³/mol. The number of aromatic nitrogens is 3. The van der Waals surface area contributed by atoms with Crippen molar-refractivity contribution in [2.75, 3.05) is 11.5 Å². The van der Waals surface area contributed by atoms with E-state index in [0.29, 0.717) is 0 Å². The zero-order valence-corrected chi connectivity index (χ0v) is 8.48. The number of nitrogens with zero attached hydrogens (tertiary/aromatic N) is 4. The van der Waals surface area contributed by atoms with Crippen molar-refractivity contribution in [3.63, 3.8) is 0 Å². The lowest BCUT2D eigenvalue weighted by Crippen LogP contribution is -2.01. The Bertz CT molecular complexity index is 458. The smallest absolute Gasteiger partial charge is 0.255 e. The Hall–Kier alpha value is -2.02. The summed E-state index contributed by atoms with van der Waals surface area (Å²) in [6.07, 6.45) is 1.65. The third-order valence-corrected chi connectivity index (χ3v) is 2.32. The monoisotopic (exact) mass is 220 g/mol. The van der Waals surface area contributed by atoms with Crippen molar-refractivity contribution in [2.45, 2.75) is 0 Å². The Kier molecular flexibility index (Phi) is 2.55. The third kappa shape index (κ3) is 2.47. The lowest BCUT2D eigenvalue weighted by Gasteiger charge is -1.95. The first-order valence-electron chi connectivity index (χ1n) is 4.08. The molecular weight excluding hydrogens is 212 g/mol. The minimum Gasteiger partial charge on any atom is -0.368 e. The molecule has 0 aliphatic carbocycles. The van der Waals surface area contributed by atoms with Gasteiger partial charge in [0.05, 0.1) is 0 Å². The maximum absolute atomic E-state index is 5.39. The summed E-state index contributed by atoms with van der Waals surface area (Å²) in [5.74, 6) is 0.357. The van der Waals surface area contributed by atoms with E-state index < -0.39 is 0 Å². The minimum absolute atomic E-state index is 0.0702. The fourth-order valence-electron chi connectivity index (χ4n) is 0.941. The average Bonchev–Trinajstić information content (AvgIpc) is 2.65. The summed E-state index contributed by atoms with van der Waals surface area (Å²) in [7, 11) is 0. The molecule has 7 heteroatoms. The molecule has 0 atom stereocenters. The molecule has 0 radical (unpaired) electrons. The first kappa shape index (κ1) is 9.53. The fraction of sp³-hybridized carbons (Fsp3) is 0. The topological polar surface area (TPSA) is 103 Å². The highest BCUT2D eigenvalue weighted by Crippen LogP contribution is 2.09. The molecule has 4 N–H and O–H groups in total. The first-order valence-corrected chi connectivity index (χ1v) is 4.96. The lowest BCUT2D eigenvalue weighted by molar-refractivity contribution is 1.07. The van der Waals surface area contributed by atoms with Gasteiger partial charge in [-0.15, -0.1) is 11.3 Å². The highest BCUT2D eigenvalue weighted by atomic mass is 32.1. The zero-order valence-electron chi connectivity index (χ0n) is 7.66. The molecule has 2 aromatic heterocycles. The molecule has 2 rings (SSSR count). The number of hydrogen-bond acceptors (Lipinski definition) is 7. The summed E-state index contributed by atoms with van der Waals surface area (Å²) in [6, 6.07) is 3.87. The van der Waals surface area contributed by atoms with Gasteiger partial charge in [-0.25, -0.2) is 4.99 Å². The van der Waals surface area contributed by atoms with Gasteiger partial charge in [-0.3, -0.25) is 0 Å². The predicted octanol–water partition coefficient (Wildman–Crippen LogP) is 0.848. The van der Waals surface area contributed by atoms with Gasteiger partial charge in [-0.1, -0.05) is 6.07 Å². The van der Waals surface area contributed by atoms with Crippen LogP contribution in [-0.4, -0.2) is 21.2 Å². The molecule has 0 saturated carbocycles. The van der Waals surface area contributed by atoms with Crippen LogP contribution in [-0.2, 0) is 0 Å². The van der Waals surface area contributed by atoms with E-state index in [0.717, 1.165) is 4.88 Å². The van der Waals surface area contributed by atoms with Gasteiger partial charge in [0.15, 0.2) is 0 Å². The van der Waals surface area contributed by atoms with Gasteiger partial charge in [0.25, 0.3) is 5.95 Å². The van der Waals surface area contributed by atoms with Crippen LogP contribution in [0, 0.1) is 0 Å². The molecular formula is C8H8N6S. The fourth-order valence-corrected chi connectivity index (χ4v) is 1.53. The van der Waals surface area contributed by atoms with Crippen molar-refractivity contribution in [1.82, 2.24) is 15.0 Å². The van der Waals surface area contributed by atoms with Gasteiger partial charge >= 0.3 is 0 Å². The van der Waals surface area contributed by atoms with E-state index in [2.05, 4.69) is 19.9 Å². The Labute approximate surface area is 89.7 Å². The van der Waals surface area contributed by atoms with Crippen LogP contribution in [0.25, 0.3) is 0 Å². The summed E-state index contributed by atoms with van der Waals surface area (Å²) >= 11 is 1.57. The summed E-state index contributed by atoms with van der Waals surface area (Å²) in [5, 5.41) is 1.96. The summed E-state index contributed by atoms with van der Waals surface area (Å²) in [4.78, 5) is 16.3. The van der Waals surface area contributed by atoms with Crippen molar-refractivity contribution in [1.29, 1.82) is 0 Å². The Morgan fingerprint density at radius 3 is 2.53 bits per heavy atom. The normalized spacial score (nSPS) is 10.9. The molecule has 0 saturated heterocycles. The molecule has 0 unspecified atom stereocenters. The van der Waals surface area contributed by atoms with Crippen LogP contribution in [0.2, 0.25) is 0 Å². The second kappa shape index (κ2) is 4.01. The number of nitrogens with two attached hydrogens (primary N) is 2. The number of thiophene rings is 1. The molecule has 2 heterocycles. The first-order chi connectivity index (χ1) is 7.24. The van der Waals surface area contributed by atoms with E-state index in [9.17, 15) is 0 Å².